The van der Waals surface area contributed by atoms with Crippen LogP contribution in [-0.4, -0.2) is 35.7 Å². The van der Waals surface area contributed by atoms with Crippen molar-refractivity contribution in [1.29, 1.82) is 0 Å². The molecule has 0 radical (unpaired) electrons. The lowest BCUT2D eigenvalue weighted by Gasteiger charge is -2.40. The summed E-state index contributed by atoms with van der Waals surface area (Å²) in [6.45, 7) is 8.79. The summed E-state index contributed by atoms with van der Waals surface area (Å²) in [6, 6.07) is 32.8. The van der Waals surface area contributed by atoms with Crippen LogP contribution in [0.4, 0.5) is 22.9 Å². The minimum absolute atomic E-state index is 0.0376. The molecule has 0 bridgehead atoms. The maximum absolute atomic E-state index is 5.74. The molecular weight excluding hydrogens is 560 g/mol. The minimum atomic E-state index is -0.204. The molecule has 2 aliphatic heterocycles. The van der Waals surface area contributed by atoms with E-state index in [0.29, 0.717) is 23.2 Å². The largest absolute Gasteiger partial charge is 0.497 e. The average molecular weight is 597 g/mol. The lowest BCUT2D eigenvalue weighted by molar-refractivity contribution is 0.395. The van der Waals surface area contributed by atoms with E-state index < -0.39 is 0 Å². The van der Waals surface area contributed by atoms with Gasteiger partial charge in [-0.3, -0.25) is 0 Å². The van der Waals surface area contributed by atoms with Gasteiger partial charge in [0.2, 0.25) is 0 Å². The predicted molar refractivity (Wildman–Crippen MR) is 182 cm³/mol. The summed E-state index contributed by atoms with van der Waals surface area (Å²) < 4.78 is 13.1. The first-order valence-corrected chi connectivity index (χ1v) is 15.1. The summed E-state index contributed by atoms with van der Waals surface area (Å²) in [6.07, 6.45) is 0. The molecule has 0 saturated heterocycles. The number of hydrogen-bond donors (Lipinski definition) is 1. The minimum Gasteiger partial charge on any atom is -0.497 e. The number of para-hydroxylation sites is 3. The van der Waals surface area contributed by atoms with Gasteiger partial charge in [-0.05, 0) is 59.9 Å². The highest BCUT2D eigenvalue weighted by Gasteiger charge is 2.41. The van der Waals surface area contributed by atoms with E-state index in [1.165, 1.54) is 5.56 Å². The number of anilines is 2. The smallest absolute Gasteiger partial charge is 0.179 e. The summed E-state index contributed by atoms with van der Waals surface area (Å²) in [4.78, 5) is 12.8. The predicted octanol–water partition coefficient (Wildman–Crippen LogP) is 8.29. The lowest BCUT2D eigenvalue weighted by atomic mass is 9.85. The molecule has 0 amide bonds. The van der Waals surface area contributed by atoms with Gasteiger partial charge in [-0.2, -0.15) is 5.10 Å². The quantitative estimate of drug-likeness (QED) is 0.221. The molecule has 5 aromatic rings. The molecule has 3 heterocycles. The van der Waals surface area contributed by atoms with Crippen molar-refractivity contribution in [1.82, 2.24) is 9.78 Å². The monoisotopic (exact) mass is 596 g/mol. The summed E-state index contributed by atoms with van der Waals surface area (Å²) >= 11 is 0. The zero-order valence-corrected chi connectivity index (χ0v) is 26.4. The highest BCUT2D eigenvalue weighted by atomic mass is 16.5. The van der Waals surface area contributed by atoms with Gasteiger partial charge in [0.1, 0.15) is 11.5 Å². The molecule has 45 heavy (non-hydrogen) atoms. The molecule has 4 aromatic carbocycles. The number of methoxy groups -OCH3 is 2. The number of aromatic nitrogens is 2. The van der Waals surface area contributed by atoms with Crippen LogP contribution in [-0.2, 0) is 5.41 Å². The van der Waals surface area contributed by atoms with Crippen molar-refractivity contribution >= 4 is 34.6 Å². The zero-order chi connectivity index (χ0) is 31.3. The van der Waals surface area contributed by atoms with Crippen molar-refractivity contribution < 1.29 is 9.47 Å². The molecular formula is C37H36N6O2. The van der Waals surface area contributed by atoms with Crippen molar-refractivity contribution in [3.8, 4) is 17.2 Å². The van der Waals surface area contributed by atoms with Gasteiger partial charge >= 0.3 is 0 Å². The van der Waals surface area contributed by atoms with Gasteiger partial charge in [-0.15, -0.1) is 0 Å². The Hall–Kier alpha value is -5.37. The highest BCUT2D eigenvalue weighted by molar-refractivity contribution is 6.51. The van der Waals surface area contributed by atoms with Crippen molar-refractivity contribution in [2.24, 2.45) is 9.98 Å². The van der Waals surface area contributed by atoms with Gasteiger partial charge in [-0.25, -0.2) is 14.7 Å². The number of nitrogens with one attached hydrogen (secondary N) is 1. The van der Waals surface area contributed by atoms with Crippen LogP contribution in [0.1, 0.15) is 49.2 Å². The number of aryl methyl sites for hydroxylation is 1. The van der Waals surface area contributed by atoms with Gasteiger partial charge in [0.25, 0.3) is 0 Å². The third-order valence-corrected chi connectivity index (χ3v) is 8.39. The molecule has 226 valence electrons. The molecule has 1 atom stereocenters. The van der Waals surface area contributed by atoms with Crippen molar-refractivity contribution in [3.05, 3.63) is 119 Å². The molecule has 0 fully saturated rings. The second-order valence-electron chi connectivity index (χ2n) is 12.3. The van der Waals surface area contributed by atoms with E-state index in [-0.39, 0.29) is 11.5 Å². The molecule has 0 spiro atoms. The van der Waals surface area contributed by atoms with E-state index in [1.54, 1.807) is 14.2 Å². The number of hydrogen-bond acceptors (Lipinski definition) is 7. The van der Waals surface area contributed by atoms with E-state index in [2.05, 4.69) is 80.4 Å². The van der Waals surface area contributed by atoms with E-state index in [4.69, 9.17) is 24.6 Å². The fourth-order valence-electron chi connectivity index (χ4n) is 6.06. The number of fused-ring (bicyclic) bond motifs is 4. The number of ether oxygens (including phenoxy) is 2. The maximum atomic E-state index is 5.74. The molecule has 7 rings (SSSR count). The Morgan fingerprint density at radius 3 is 2.24 bits per heavy atom. The molecule has 1 unspecified atom stereocenters. The second-order valence-corrected chi connectivity index (χ2v) is 12.3. The number of benzene rings is 4. The molecule has 1 N–H and O–H groups in total. The van der Waals surface area contributed by atoms with Gasteiger partial charge in [0.15, 0.2) is 17.5 Å². The average Bonchev–Trinajstić information content (AvgIpc) is 3.39. The molecule has 8 heteroatoms. The van der Waals surface area contributed by atoms with Gasteiger partial charge in [0.05, 0.1) is 48.7 Å². The van der Waals surface area contributed by atoms with Crippen LogP contribution < -0.4 is 19.7 Å². The molecule has 0 aliphatic carbocycles. The summed E-state index contributed by atoms with van der Waals surface area (Å²) in [7, 11) is 3.29. The lowest BCUT2D eigenvalue weighted by Crippen LogP contribution is -2.46. The van der Waals surface area contributed by atoms with E-state index in [0.717, 1.165) is 45.4 Å². The van der Waals surface area contributed by atoms with E-state index in [1.807, 2.05) is 59.3 Å². The SMILES string of the molecule is COc1ccc(NC2=Nc3ccccc3N3C2=Nc2c(c(C)nn2-c2ccccc2)C3c2ccc(C(C)(C)C)cc2)c(OC)c1. The van der Waals surface area contributed by atoms with Crippen LogP contribution in [0.2, 0.25) is 0 Å². The Bertz CT molecular complexity index is 1950. The Labute approximate surface area is 263 Å². The first-order chi connectivity index (χ1) is 21.8. The van der Waals surface area contributed by atoms with Crippen molar-refractivity contribution in [2.75, 3.05) is 24.4 Å². The van der Waals surface area contributed by atoms with Gasteiger partial charge in [-0.1, -0.05) is 75.4 Å². The third-order valence-electron chi connectivity index (χ3n) is 8.39. The van der Waals surface area contributed by atoms with Crippen LogP contribution in [0, 0.1) is 6.92 Å². The summed E-state index contributed by atoms with van der Waals surface area (Å²) in [5, 5.41) is 8.61. The highest BCUT2D eigenvalue weighted by Crippen LogP contribution is 2.48. The van der Waals surface area contributed by atoms with Crippen LogP contribution in [0.5, 0.6) is 11.5 Å². The van der Waals surface area contributed by atoms with E-state index >= 15 is 0 Å². The molecule has 2 aliphatic rings. The maximum Gasteiger partial charge on any atom is 0.179 e. The first-order valence-electron chi connectivity index (χ1n) is 15.1. The topological polar surface area (TPSA) is 76.3 Å². The number of aliphatic imine (C=N–C) groups is 2. The third kappa shape index (κ3) is 4.92. The zero-order valence-electron chi connectivity index (χ0n) is 26.4. The fraction of sp³-hybridized carbons (Fsp3) is 0.216. The Kier molecular flexibility index (Phi) is 6.92. The molecule has 1 aromatic heterocycles. The van der Waals surface area contributed by atoms with Gasteiger partial charge in [0, 0.05) is 11.6 Å². The normalized spacial score (nSPS) is 15.3. The molecule has 0 saturated carbocycles. The van der Waals surface area contributed by atoms with E-state index in [9.17, 15) is 0 Å². The van der Waals surface area contributed by atoms with Crippen LogP contribution in [0.25, 0.3) is 5.69 Å². The number of nitrogens with zero attached hydrogens (tertiary/aromatic N) is 5. The van der Waals surface area contributed by atoms with Crippen LogP contribution >= 0.6 is 0 Å². The van der Waals surface area contributed by atoms with Crippen LogP contribution in [0.3, 0.4) is 0 Å². The molecule has 8 nitrogen and oxygen atoms in total. The fourth-order valence-corrected chi connectivity index (χ4v) is 6.06. The number of amidine groups is 2. The second kappa shape index (κ2) is 11.0. The van der Waals surface area contributed by atoms with Crippen LogP contribution in [0.15, 0.2) is 107 Å². The standard InChI is InChI=1S/C37H36N6O2/c1-23-32-33(24-16-18-25(19-17-24)37(2,3)4)42-30-15-11-10-14-28(30)38-34(39-29-21-20-27(44-5)22-31(29)45-6)36(42)40-35(32)43(41-23)26-12-8-7-9-13-26/h7-22,33H,1-6H3,(H,38,39). The first kappa shape index (κ1) is 28.4. The van der Waals surface area contributed by atoms with Gasteiger partial charge < -0.3 is 19.7 Å². The van der Waals surface area contributed by atoms with Crippen molar-refractivity contribution in [2.45, 2.75) is 39.2 Å². The number of rotatable bonds is 5. The van der Waals surface area contributed by atoms with Crippen molar-refractivity contribution in [3.63, 3.8) is 0 Å². The Morgan fingerprint density at radius 2 is 1.53 bits per heavy atom. The summed E-state index contributed by atoms with van der Waals surface area (Å²) in [5.74, 6) is 3.43. The Morgan fingerprint density at radius 1 is 0.800 bits per heavy atom. The summed E-state index contributed by atoms with van der Waals surface area (Å²) in [5.41, 5.74) is 7.97. The Balaban J connectivity index is 1.46.